The lowest BCUT2D eigenvalue weighted by atomic mass is 9.82. The molecule has 0 radical (unpaired) electrons. The first-order valence-electron chi connectivity index (χ1n) is 9.19. The van der Waals surface area contributed by atoms with Gasteiger partial charge in [-0.1, -0.05) is 19.0 Å². The summed E-state index contributed by atoms with van der Waals surface area (Å²) in [6.45, 7) is 9.79. The summed E-state index contributed by atoms with van der Waals surface area (Å²) in [5.41, 5.74) is 7.17. The molecule has 0 aromatic carbocycles. The Labute approximate surface area is 169 Å². The number of hydrogen-bond donors (Lipinski definition) is 3. The highest BCUT2D eigenvalue weighted by molar-refractivity contribution is 7.81. The van der Waals surface area contributed by atoms with Crippen molar-refractivity contribution in [1.82, 2.24) is 15.5 Å². The lowest BCUT2D eigenvalue weighted by Crippen LogP contribution is -2.69. The Morgan fingerprint density at radius 1 is 1.39 bits per heavy atom. The number of nitrogens with one attached hydrogen (secondary N) is 2. The highest BCUT2D eigenvalue weighted by atomic mass is 32.1. The van der Waals surface area contributed by atoms with Gasteiger partial charge in [-0.05, 0) is 32.7 Å². The number of thiol groups is 1. The molecule has 2 saturated heterocycles. The fourth-order valence-electron chi connectivity index (χ4n) is 3.62. The summed E-state index contributed by atoms with van der Waals surface area (Å²) < 4.78 is 5.34. The van der Waals surface area contributed by atoms with E-state index in [4.69, 9.17) is 10.3 Å². The molecule has 3 amide bonds. The standard InChI is InChI=1S/C17H28N6O4S/c1-16(2,3)21-15(26)27-10-9-12(28)17(4,5)11(23(9)14(10)25)13(24)19-7-6-8-20-22-18/h9-12,28H,6-8H2,1-5H3,(H,19,24)(H,21,26)/t9-,10-,11-,12?/m1/s1. The first-order chi connectivity index (χ1) is 12.9. The van der Waals surface area contributed by atoms with Crippen LogP contribution < -0.4 is 10.6 Å². The first kappa shape index (κ1) is 22.2. The average molecular weight is 413 g/mol. The lowest BCUT2D eigenvalue weighted by Gasteiger charge is -2.45. The molecule has 0 saturated carbocycles. The van der Waals surface area contributed by atoms with E-state index in [-0.39, 0.29) is 17.7 Å². The summed E-state index contributed by atoms with van der Waals surface area (Å²) in [5.74, 6) is -0.689. The van der Waals surface area contributed by atoms with E-state index < -0.39 is 41.1 Å². The molecule has 2 aliphatic rings. The monoisotopic (exact) mass is 412 g/mol. The molecule has 28 heavy (non-hydrogen) atoms. The topological polar surface area (TPSA) is 137 Å². The first-order valence-corrected chi connectivity index (χ1v) is 9.71. The van der Waals surface area contributed by atoms with E-state index in [0.717, 1.165) is 0 Å². The molecule has 2 aliphatic heterocycles. The van der Waals surface area contributed by atoms with Crippen molar-refractivity contribution in [1.29, 1.82) is 0 Å². The Morgan fingerprint density at radius 3 is 2.61 bits per heavy atom. The minimum absolute atomic E-state index is 0.282. The lowest BCUT2D eigenvalue weighted by molar-refractivity contribution is -0.168. The summed E-state index contributed by atoms with van der Waals surface area (Å²) >= 11 is 4.64. The molecule has 11 heteroatoms. The van der Waals surface area contributed by atoms with E-state index in [0.29, 0.717) is 13.0 Å². The Morgan fingerprint density at radius 2 is 2.04 bits per heavy atom. The zero-order valence-electron chi connectivity index (χ0n) is 16.8. The Hall–Kier alpha value is -2.13. The van der Waals surface area contributed by atoms with Crippen molar-refractivity contribution < 1.29 is 19.1 Å². The van der Waals surface area contributed by atoms with Crippen LogP contribution >= 0.6 is 12.6 Å². The van der Waals surface area contributed by atoms with Crippen LogP contribution in [0.15, 0.2) is 5.11 Å². The maximum absolute atomic E-state index is 12.7. The van der Waals surface area contributed by atoms with Gasteiger partial charge in [-0.2, -0.15) is 12.6 Å². The minimum Gasteiger partial charge on any atom is -0.434 e. The molecule has 4 atom stereocenters. The molecule has 10 nitrogen and oxygen atoms in total. The third-order valence-electron chi connectivity index (χ3n) is 4.95. The van der Waals surface area contributed by atoms with Crippen molar-refractivity contribution in [2.75, 3.05) is 13.1 Å². The molecule has 0 spiro atoms. The van der Waals surface area contributed by atoms with Gasteiger partial charge < -0.3 is 20.3 Å². The van der Waals surface area contributed by atoms with E-state index in [1.165, 1.54) is 4.90 Å². The number of nitrogens with zero attached hydrogens (tertiary/aromatic N) is 4. The van der Waals surface area contributed by atoms with Crippen LogP contribution in [0.1, 0.15) is 41.0 Å². The Bertz CT molecular complexity index is 700. The molecule has 156 valence electrons. The molecule has 2 heterocycles. The highest BCUT2D eigenvalue weighted by Gasteiger charge is 2.68. The van der Waals surface area contributed by atoms with Crippen LogP contribution in [0.3, 0.4) is 0 Å². The summed E-state index contributed by atoms with van der Waals surface area (Å²) in [4.78, 5) is 41.6. The molecule has 0 bridgehead atoms. The van der Waals surface area contributed by atoms with Crippen LogP contribution in [0.4, 0.5) is 4.79 Å². The van der Waals surface area contributed by atoms with Gasteiger partial charge in [0.05, 0.1) is 6.04 Å². The Kier molecular flexibility index (Phi) is 6.40. The molecule has 0 aromatic heterocycles. The number of amides is 3. The van der Waals surface area contributed by atoms with E-state index in [1.807, 2.05) is 34.6 Å². The zero-order chi connectivity index (χ0) is 21.3. The number of carbonyl (C=O) groups excluding carboxylic acids is 3. The molecule has 0 aromatic rings. The van der Waals surface area contributed by atoms with E-state index in [2.05, 4.69) is 33.3 Å². The van der Waals surface area contributed by atoms with Crippen molar-refractivity contribution in [3.63, 3.8) is 0 Å². The number of alkyl carbamates (subject to hydrolysis) is 1. The number of ether oxygens (including phenoxy) is 1. The van der Waals surface area contributed by atoms with Gasteiger partial charge in [0.15, 0.2) is 0 Å². The average Bonchev–Trinajstić information content (AvgIpc) is 2.75. The SMILES string of the molecule is CC(C)(C)NC(=O)O[C@H]1C(=O)N2[C@H]1C(S)C(C)(C)[C@H]2C(=O)NCCCN=[N+]=[N-]. The normalized spacial score (nSPS) is 27.9. The summed E-state index contributed by atoms with van der Waals surface area (Å²) in [7, 11) is 0. The van der Waals surface area contributed by atoms with Crippen LogP contribution in [-0.4, -0.2) is 64.9 Å². The van der Waals surface area contributed by atoms with Gasteiger partial charge in [0.1, 0.15) is 6.04 Å². The van der Waals surface area contributed by atoms with Crippen molar-refractivity contribution in [3.8, 4) is 0 Å². The Balaban J connectivity index is 2.05. The quantitative estimate of drug-likeness (QED) is 0.152. The maximum atomic E-state index is 12.7. The van der Waals surface area contributed by atoms with Gasteiger partial charge in [-0.25, -0.2) is 4.79 Å². The zero-order valence-corrected chi connectivity index (χ0v) is 17.7. The van der Waals surface area contributed by atoms with E-state index in [9.17, 15) is 14.4 Å². The van der Waals surface area contributed by atoms with Crippen LogP contribution in [0.2, 0.25) is 0 Å². The number of β-lactam (4-membered cyclic amide) rings is 1. The largest absolute Gasteiger partial charge is 0.434 e. The highest BCUT2D eigenvalue weighted by Crippen LogP contribution is 2.50. The van der Waals surface area contributed by atoms with Gasteiger partial charge in [-0.15, -0.1) is 0 Å². The molecule has 2 fully saturated rings. The number of rotatable bonds is 6. The van der Waals surface area contributed by atoms with E-state index in [1.54, 1.807) is 0 Å². The van der Waals surface area contributed by atoms with Gasteiger partial charge in [0.25, 0.3) is 5.91 Å². The maximum Gasteiger partial charge on any atom is 0.408 e. The van der Waals surface area contributed by atoms with Crippen molar-refractivity contribution in [2.24, 2.45) is 10.5 Å². The van der Waals surface area contributed by atoms with Crippen LogP contribution in [0.25, 0.3) is 10.4 Å². The van der Waals surface area contributed by atoms with Gasteiger partial charge >= 0.3 is 6.09 Å². The number of fused-ring (bicyclic) bond motifs is 1. The van der Waals surface area contributed by atoms with Crippen LogP contribution in [0.5, 0.6) is 0 Å². The fraction of sp³-hybridized carbons (Fsp3) is 0.824. The van der Waals surface area contributed by atoms with Gasteiger partial charge in [-0.3, -0.25) is 9.59 Å². The predicted molar refractivity (Wildman–Crippen MR) is 106 cm³/mol. The van der Waals surface area contributed by atoms with Crippen LogP contribution in [0, 0.1) is 5.41 Å². The number of hydrogen-bond acceptors (Lipinski definition) is 6. The summed E-state index contributed by atoms with van der Waals surface area (Å²) in [5, 5.41) is 8.53. The van der Waals surface area contributed by atoms with Crippen molar-refractivity contribution >= 4 is 30.5 Å². The molecule has 1 unspecified atom stereocenters. The van der Waals surface area contributed by atoms with Gasteiger partial charge in [0.2, 0.25) is 12.0 Å². The number of carbonyl (C=O) groups is 3. The minimum atomic E-state index is -0.952. The molecule has 2 N–H and O–H groups in total. The smallest absolute Gasteiger partial charge is 0.408 e. The molecular weight excluding hydrogens is 384 g/mol. The second kappa shape index (κ2) is 8.08. The second-order valence-corrected chi connectivity index (χ2v) is 9.26. The van der Waals surface area contributed by atoms with Gasteiger partial charge in [0, 0.05) is 34.2 Å². The third-order valence-corrected chi connectivity index (χ3v) is 5.93. The van der Waals surface area contributed by atoms with E-state index >= 15 is 0 Å². The molecule has 2 rings (SSSR count). The fourth-order valence-corrected chi connectivity index (χ4v) is 4.06. The molecule has 0 aliphatic carbocycles. The third kappa shape index (κ3) is 4.30. The van der Waals surface area contributed by atoms with Crippen molar-refractivity contribution in [2.45, 2.75) is 70.0 Å². The predicted octanol–water partition coefficient (Wildman–Crippen LogP) is 1.61. The second-order valence-electron chi connectivity index (χ2n) is 8.70. The van der Waals surface area contributed by atoms with Crippen molar-refractivity contribution in [3.05, 3.63) is 10.4 Å². The molecular formula is C17H28N6O4S. The van der Waals surface area contributed by atoms with Crippen LogP contribution in [-0.2, 0) is 14.3 Å². The summed E-state index contributed by atoms with van der Waals surface area (Å²) in [6, 6.07) is -1.17. The summed E-state index contributed by atoms with van der Waals surface area (Å²) in [6.07, 6.45) is -1.12. The number of azide groups is 1.